The van der Waals surface area contributed by atoms with E-state index in [4.69, 9.17) is 5.11 Å². The number of imide groups is 1. The molecule has 0 saturated carbocycles. The Morgan fingerprint density at radius 2 is 2.21 bits per heavy atom. The molecule has 0 aliphatic rings. The summed E-state index contributed by atoms with van der Waals surface area (Å²) in [6.07, 6.45) is 4.28. The van der Waals surface area contributed by atoms with Crippen LogP contribution in [0.1, 0.15) is 32.6 Å². The molecule has 0 heterocycles. The van der Waals surface area contributed by atoms with Crippen molar-refractivity contribution in [2.75, 3.05) is 0 Å². The van der Waals surface area contributed by atoms with Gasteiger partial charge in [-0.2, -0.15) is 0 Å². The highest BCUT2D eigenvalue weighted by molar-refractivity contribution is 5.79. The Bertz CT molecular complexity index is 204. The van der Waals surface area contributed by atoms with Gasteiger partial charge < -0.3 is 5.11 Å². The lowest BCUT2D eigenvalue weighted by atomic mass is 10.1. The molecule has 0 fully saturated rings. The van der Waals surface area contributed by atoms with Gasteiger partial charge in [-0.1, -0.05) is 32.3 Å². The van der Waals surface area contributed by atoms with Crippen LogP contribution in [0.25, 0.3) is 0 Å². The highest BCUT2D eigenvalue weighted by Gasteiger charge is 2.18. The number of hydrogen-bond donors (Lipinski definition) is 1. The molecule has 4 heteroatoms. The maximum absolute atomic E-state index is 10.6. The van der Waals surface area contributed by atoms with Gasteiger partial charge in [0.05, 0.1) is 6.04 Å². The molecule has 0 aromatic carbocycles. The second-order valence-electron chi connectivity index (χ2n) is 3.09. The Morgan fingerprint density at radius 1 is 1.57 bits per heavy atom. The number of carbonyl (C=O) groups is 2. The van der Waals surface area contributed by atoms with Crippen molar-refractivity contribution in [3.8, 4) is 0 Å². The van der Waals surface area contributed by atoms with Crippen LogP contribution in [0.5, 0.6) is 0 Å². The molecule has 1 unspecified atom stereocenters. The molecule has 0 aliphatic carbocycles. The first-order chi connectivity index (χ1) is 6.67. The molecule has 1 atom stereocenters. The molecule has 1 N–H and O–H groups in total. The summed E-state index contributed by atoms with van der Waals surface area (Å²) in [4.78, 5) is 21.8. The topological polar surface area (TPSA) is 57.6 Å². The van der Waals surface area contributed by atoms with Crippen LogP contribution in [0.2, 0.25) is 0 Å². The third-order valence-corrected chi connectivity index (χ3v) is 2.07. The van der Waals surface area contributed by atoms with E-state index in [2.05, 4.69) is 13.5 Å². The third-order valence-electron chi connectivity index (χ3n) is 2.07. The average molecular weight is 199 g/mol. The predicted octanol–water partition coefficient (Wildman–Crippen LogP) is 2.26. The summed E-state index contributed by atoms with van der Waals surface area (Å²) in [6, 6.07) is -0.392. The molecule has 0 aliphatic heterocycles. The van der Waals surface area contributed by atoms with Crippen molar-refractivity contribution in [3.63, 3.8) is 0 Å². The van der Waals surface area contributed by atoms with Gasteiger partial charge in [0.15, 0.2) is 0 Å². The zero-order valence-corrected chi connectivity index (χ0v) is 8.48. The minimum Gasteiger partial charge on any atom is -0.465 e. The molecule has 0 radical (unpaired) electrons. The number of carbonyl (C=O) groups excluding carboxylic acids is 1. The van der Waals surface area contributed by atoms with E-state index in [0.29, 0.717) is 12.8 Å². The predicted molar refractivity (Wildman–Crippen MR) is 54.1 cm³/mol. The summed E-state index contributed by atoms with van der Waals surface area (Å²) in [6.45, 7) is 5.59. The fraction of sp³-hybridized carbons (Fsp3) is 0.600. The normalized spacial score (nSPS) is 11.8. The molecule has 4 nitrogen and oxygen atoms in total. The minimum absolute atomic E-state index is 0.334. The van der Waals surface area contributed by atoms with Gasteiger partial charge in [-0.15, -0.1) is 6.58 Å². The Morgan fingerprint density at radius 3 is 2.57 bits per heavy atom. The van der Waals surface area contributed by atoms with E-state index in [0.717, 1.165) is 24.2 Å². The Labute approximate surface area is 84.2 Å². The molecule has 0 spiro atoms. The number of unbranched alkanes of at least 4 members (excludes halogenated alkanes) is 2. The van der Waals surface area contributed by atoms with E-state index in [1.807, 2.05) is 0 Å². The Kier molecular flexibility index (Phi) is 6.45. The Balaban J connectivity index is 4.15. The van der Waals surface area contributed by atoms with Crippen molar-refractivity contribution in [1.82, 2.24) is 4.90 Å². The molecule has 0 bridgehead atoms. The summed E-state index contributed by atoms with van der Waals surface area (Å²) in [5.41, 5.74) is 0. The van der Waals surface area contributed by atoms with Gasteiger partial charge in [-0.25, -0.2) is 9.69 Å². The second-order valence-corrected chi connectivity index (χ2v) is 3.09. The quantitative estimate of drug-likeness (QED) is 0.388. The first-order valence-electron chi connectivity index (χ1n) is 4.76. The monoisotopic (exact) mass is 199 g/mol. The summed E-state index contributed by atoms with van der Waals surface area (Å²) in [5, 5.41) is 8.68. The summed E-state index contributed by atoms with van der Waals surface area (Å²) in [5.74, 6) is 0. The molecule has 14 heavy (non-hydrogen) atoms. The van der Waals surface area contributed by atoms with Gasteiger partial charge in [0.1, 0.15) is 0 Å². The maximum atomic E-state index is 10.6. The van der Waals surface area contributed by atoms with Crippen LogP contribution in [0.3, 0.4) is 0 Å². The SMILES string of the molecule is C=CC(CCCCC)N(C=O)C(=O)O. The van der Waals surface area contributed by atoms with E-state index >= 15 is 0 Å². The van der Waals surface area contributed by atoms with Crippen molar-refractivity contribution >= 4 is 12.5 Å². The van der Waals surface area contributed by atoms with E-state index in [-0.39, 0.29) is 0 Å². The molecule has 0 aromatic rings. The summed E-state index contributed by atoms with van der Waals surface area (Å²) < 4.78 is 0. The minimum atomic E-state index is -1.22. The van der Waals surface area contributed by atoms with Gasteiger partial charge in [-0.05, 0) is 6.42 Å². The number of rotatable bonds is 7. The molecule has 0 aromatic heterocycles. The number of carboxylic acid groups (broad SMARTS) is 1. The molecular formula is C10H17NO3. The lowest BCUT2D eigenvalue weighted by Gasteiger charge is -2.20. The first-order valence-corrected chi connectivity index (χ1v) is 4.76. The van der Waals surface area contributed by atoms with Crippen LogP contribution in [0.15, 0.2) is 12.7 Å². The molecular weight excluding hydrogens is 182 g/mol. The summed E-state index contributed by atoms with van der Waals surface area (Å²) in [7, 11) is 0. The third kappa shape index (κ3) is 4.07. The van der Waals surface area contributed by atoms with Crippen molar-refractivity contribution in [3.05, 3.63) is 12.7 Å². The lowest BCUT2D eigenvalue weighted by molar-refractivity contribution is -0.117. The van der Waals surface area contributed by atoms with Crippen molar-refractivity contribution < 1.29 is 14.7 Å². The van der Waals surface area contributed by atoms with Crippen molar-refractivity contribution in [1.29, 1.82) is 0 Å². The fourth-order valence-electron chi connectivity index (χ4n) is 1.24. The zero-order valence-electron chi connectivity index (χ0n) is 8.48. The van der Waals surface area contributed by atoms with Gasteiger partial charge in [-0.3, -0.25) is 4.79 Å². The van der Waals surface area contributed by atoms with E-state index in [1.165, 1.54) is 6.08 Å². The van der Waals surface area contributed by atoms with E-state index < -0.39 is 12.1 Å². The average Bonchev–Trinajstić information content (AvgIpc) is 2.16. The zero-order chi connectivity index (χ0) is 11.0. The molecule has 2 amide bonds. The van der Waals surface area contributed by atoms with Gasteiger partial charge in [0.2, 0.25) is 6.41 Å². The maximum Gasteiger partial charge on any atom is 0.414 e. The largest absolute Gasteiger partial charge is 0.465 e. The fourth-order valence-corrected chi connectivity index (χ4v) is 1.24. The van der Waals surface area contributed by atoms with E-state index in [1.54, 1.807) is 0 Å². The van der Waals surface area contributed by atoms with Gasteiger partial charge in [0, 0.05) is 0 Å². The van der Waals surface area contributed by atoms with Crippen molar-refractivity contribution in [2.45, 2.75) is 38.6 Å². The molecule has 0 rings (SSSR count). The number of amides is 2. The van der Waals surface area contributed by atoms with Crippen molar-refractivity contribution in [2.24, 2.45) is 0 Å². The number of hydrogen-bond acceptors (Lipinski definition) is 2. The van der Waals surface area contributed by atoms with Gasteiger partial charge in [0.25, 0.3) is 0 Å². The summed E-state index contributed by atoms with van der Waals surface area (Å²) >= 11 is 0. The second kappa shape index (κ2) is 7.12. The van der Waals surface area contributed by atoms with Crippen LogP contribution in [-0.4, -0.2) is 28.6 Å². The van der Waals surface area contributed by atoms with Crippen LogP contribution >= 0.6 is 0 Å². The van der Waals surface area contributed by atoms with Gasteiger partial charge >= 0.3 is 6.09 Å². The highest BCUT2D eigenvalue weighted by atomic mass is 16.4. The van der Waals surface area contributed by atoms with Crippen LogP contribution in [0.4, 0.5) is 4.79 Å². The lowest BCUT2D eigenvalue weighted by Crippen LogP contribution is -2.36. The smallest absolute Gasteiger partial charge is 0.414 e. The van der Waals surface area contributed by atoms with Crippen LogP contribution in [-0.2, 0) is 4.79 Å². The highest BCUT2D eigenvalue weighted by Crippen LogP contribution is 2.09. The van der Waals surface area contributed by atoms with E-state index in [9.17, 15) is 9.59 Å². The number of nitrogens with zero attached hydrogens (tertiary/aromatic N) is 1. The van der Waals surface area contributed by atoms with Crippen LogP contribution < -0.4 is 0 Å². The standard InChI is InChI=1S/C10H17NO3/c1-3-5-6-7-9(4-2)11(8-12)10(13)14/h4,8-9H,2-3,5-7H2,1H3,(H,13,14). The Hall–Kier alpha value is -1.32. The van der Waals surface area contributed by atoms with Crippen LogP contribution in [0, 0.1) is 0 Å². The first kappa shape index (κ1) is 12.7. The molecule has 80 valence electrons. The molecule has 0 saturated heterocycles.